The van der Waals surface area contributed by atoms with Crippen molar-refractivity contribution in [2.75, 3.05) is 23.4 Å². The van der Waals surface area contributed by atoms with Crippen LogP contribution in [0, 0.1) is 0 Å². The van der Waals surface area contributed by atoms with Crippen LogP contribution in [0.5, 0.6) is 0 Å². The van der Waals surface area contributed by atoms with Gasteiger partial charge in [0.25, 0.3) is 0 Å². The minimum atomic E-state index is -0.976. The fourth-order valence-electron chi connectivity index (χ4n) is 1.20. The summed E-state index contributed by atoms with van der Waals surface area (Å²) < 4.78 is 0.902. The summed E-state index contributed by atoms with van der Waals surface area (Å²) in [7, 11) is 0. The normalized spacial score (nSPS) is 9.85. The van der Waals surface area contributed by atoms with E-state index in [1.54, 1.807) is 24.3 Å². The number of carbonyl (C=O) groups excluding carboxylic acids is 2. The second kappa shape index (κ2) is 8.60. The molecule has 0 unspecified atom stereocenters. The van der Waals surface area contributed by atoms with Gasteiger partial charge >= 0.3 is 5.97 Å². The van der Waals surface area contributed by atoms with Gasteiger partial charge in [-0.25, -0.2) is 0 Å². The van der Waals surface area contributed by atoms with Crippen molar-refractivity contribution in [1.29, 1.82) is 0 Å². The van der Waals surface area contributed by atoms with Gasteiger partial charge in [-0.15, -0.1) is 11.8 Å². The summed E-state index contributed by atoms with van der Waals surface area (Å²) in [6.45, 7) is -0.150. The van der Waals surface area contributed by atoms with Gasteiger partial charge < -0.3 is 15.7 Å². The van der Waals surface area contributed by atoms with Crippen LogP contribution in [0.2, 0.25) is 0 Å². The smallest absolute Gasteiger partial charge is 0.313 e. The first kappa shape index (κ1) is 16.5. The van der Waals surface area contributed by atoms with Crippen molar-refractivity contribution >= 4 is 51.2 Å². The lowest BCUT2D eigenvalue weighted by Crippen LogP contribution is -2.34. The van der Waals surface area contributed by atoms with Crippen molar-refractivity contribution in [3.05, 3.63) is 28.7 Å². The van der Waals surface area contributed by atoms with Crippen LogP contribution >= 0.6 is 27.7 Å². The second-order valence-electron chi connectivity index (χ2n) is 3.72. The van der Waals surface area contributed by atoms with Gasteiger partial charge in [0.05, 0.1) is 18.1 Å². The van der Waals surface area contributed by atoms with Gasteiger partial charge in [0.2, 0.25) is 11.8 Å². The highest BCUT2D eigenvalue weighted by molar-refractivity contribution is 9.10. The number of hydrogen-bond donors (Lipinski definition) is 3. The molecule has 1 aromatic rings. The lowest BCUT2D eigenvalue weighted by Gasteiger charge is -2.06. The SMILES string of the molecule is O=C(O)CSCC(=O)NCC(=O)Nc1ccc(Br)cc1. The third-order valence-electron chi connectivity index (χ3n) is 2.03. The Bertz CT molecular complexity index is 493. The molecule has 0 aliphatic rings. The Morgan fingerprint density at radius 2 is 1.75 bits per heavy atom. The second-order valence-corrected chi connectivity index (χ2v) is 5.62. The number of carbonyl (C=O) groups is 3. The quantitative estimate of drug-likeness (QED) is 0.681. The summed E-state index contributed by atoms with van der Waals surface area (Å²) in [5, 5.41) is 13.4. The van der Waals surface area contributed by atoms with Crippen LogP contribution in [0.25, 0.3) is 0 Å². The third kappa shape index (κ3) is 7.15. The molecular weight excluding hydrogens is 348 g/mol. The Hall–Kier alpha value is -1.54. The molecule has 0 radical (unpaired) electrons. The van der Waals surface area contributed by atoms with Gasteiger partial charge in [0.15, 0.2) is 0 Å². The van der Waals surface area contributed by atoms with E-state index in [0.717, 1.165) is 16.2 Å². The molecule has 0 aliphatic carbocycles. The summed E-state index contributed by atoms with van der Waals surface area (Å²) >= 11 is 4.26. The van der Waals surface area contributed by atoms with Gasteiger partial charge in [-0.1, -0.05) is 15.9 Å². The molecule has 0 saturated heterocycles. The van der Waals surface area contributed by atoms with Crippen LogP contribution in [0.15, 0.2) is 28.7 Å². The average Bonchev–Trinajstić information content (AvgIpc) is 2.39. The maximum atomic E-state index is 11.5. The Kier molecular flexibility index (Phi) is 7.10. The zero-order valence-electron chi connectivity index (χ0n) is 10.4. The van der Waals surface area contributed by atoms with E-state index in [-0.39, 0.29) is 29.9 Å². The molecule has 0 aliphatic heterocycles. The number of hydrogen-bond acceptors (Lipinski definition) is 4. The molecule has 2 amide bonds. The summed E-state index contributed by atoms with van der Waals surface area (Å²) in [5.41, 5.74) is 0.632. The van der Waals surface area contributed by atoms with Crippen molar-refractivity contribution in [3.63, 3.8) is 0 Å². The van der Waals surface area contributed by atoms with E-state index in [9.17, 15) is 14.4 Å². The van der Waals surface area contributed by atoms with Crippen LogP contribution in [0.4, 0.5) is 5.69 Å². The van der Waals surface area contributed by atoms with Gasteiger partial charge in [-0.3, -0.25) is 14.4 Å². The van der Waals surface area contributed by atoms with Crippen LogP contribution in [0.1, 0.15) is 0 Å². The highest BCUT2D eigenvalue weighted by Crippen LogP contribution is 2.13. The van der Waals surface area contributed by atoms with Crippen molar-refractivity contribution in [3.8, 4) is 0 Å². The van der Waals surface area contributed by atoms with E-state index in [1.165, 1.54) is 0 Å². The topological polar surface area (TPSA) is 95.5 Å². The molecule has 6 nitrogen and oxygen atoms in total. The molecule has 0 fully saturated rings. The Morgan fingerprint density at radius 1 is 1.10 bits per heavy atom. The monoisotopic (exact) mass is 360 g/mol. The van der Waals surface area contributed by atoms with E-state index >= 15 is 0 Å². The van der Waals surface area contributed by atoms with Crippen molar-refractivity contribution in [1.82, 2.24) is 5.32 Å². The van der Waals surface area contributed by atoms with Gasteiger partial charge in [0, 0.05) is 10.2 Å². The molecule has 0 heterocycles. The Labute approximate surface area is 128 Å². The number of carboxylic acids is 1. The molecule has 0 bridgehead atoms. The number of benzene rings is 1. The minimum Gasteiger partial charge on any atom is -0.481 e. The fourth-order valence-corrected chi connectivity index (χ4v) is 2.03. The highest BCUT2D eigenvalue weighted by Gasteiger charge is 2.07. The predicted octanol–water partition coefficient (Wildman–Crippen LogP) is 1.32. The zero-order chi connectivity index (χ0) is 15.0. The van der Waals surface area contributed by atoms with Crippen molar-refractivity contribution < 1.29 is 19.5 Å². The predicted molar refractivity (Wildman–Crippen MR) is 80.7 cm³/mol. The van der Waals surface area contributed by atoms with Crippen LogP contribution in [-0.4, -0.2) is 40.9 Å². The molecule has 108 valence electrons. The lowest BCUT2D eigenvalue weighted by molar-refractivity contribution is -0.133. The first-order valence-corrected chi connectivity index (χ1v) is 7.54. The number of halogens is 1. The number of amides is 2. The zero-order valence-corrected chi connectivity index (χ0v) is 12.8. The fraction of sp³-hybridized carbons (Fsp3) is 0.250. The number of anilines is 1. The Balaban J connectivity index is 2.24. The van der Waals surface area contributed by atoms with E-state index in [2.05, 4.69) is 26.6 Å². The van der Waals surface area contributed by atoms with Crippen molar-refractivity contribution in [2.45, 2.75) is 0 Å². The summed E-state index contributed by atoms with van der Waals surface area (Å²) in [6, 6.07) is 7.03. The van der Waals surface area contributed by atoms with Gasteiger partial charge in [0.1, 0.15) is 0 Å². The van der Waals surface area contributed by atoms with Crippen molar-refractivity contribution in [2.24, 2.45) is 0 Å². The van der Waals surface area contributed by atoms with E-state index in [1.807, 2.05) is 0 Å². The largest absolute Gasteiger partial charge is 0.481 e. The standard InChI is InChI=1S/C12H13BrN2O4S/c13-8-1-3-9(4-2-8)15-10(16)5-14-11(17)6-20-7-12(18)19/h1-4H,5-7H2,(H,14,17)(H,15,16)(H,18,19). The maximum absolute atomic E-state index is 11.5. The number of carboxylic acid groups (broad SMARTS) is 1. The summed E-state index contributed by atoms with van der Waals surface area (Å²) in [5.74, 6) is -1.82. The highest BCUT2D eigenvalue weighted by atomic mass is 79.9. The molecular formula is C12H13BrN2O4S. The van der Waals surface area contributed by atoms with E-state index in [4.69, 9.17) is 5.11 Å². The maximum Gasteiger partial charge on any atom is 0.313 e. The average molecular weight is 361 g/mol. The summed E-state index contributed by atoms with van der Waals surface area (Å²) in [6.07, 6.45) is 0. The molecule has 1 aromatic carbocycles. The first-order chi connectivity index (χ1) is 9.47. The minimum absolute atomic E-state index is 0.0118. The number of nitrogens with one attached hydrogen (secondary N) is 2. The van der Waals surface area contributed by atoms with Gasteiger partial charge in [-0.2, -0.15) is 0 Å². The molecule has 0 spiro atoms. The molecule has 8 heteroatoms. The first-order valence-electron chi connectivity index (χ1n) is 5.59. The molecule has 0 atom stereocenters. The number of thioether (sulfide) groups is 1. The van der Waals surface area contributed by atoms with Crippen LogP contribution < -0.4 is 10.6 Å². The number of rotatable bonds is 7. The molecule has 1 rings (SSSR count). The Morgan fingerprint density at radius 3 is 2.35 bits per heavy atom. The lowest BCUT2D eigenvalue weighted by atomic mass is 10.3. The van der Waals surface area contributed by atoms with E-state index < -0.39 is 5.97 Å². The van der Waals surface area contributed by atoms with Crippen LogP contribution in [0.3, 0.4) is 0 Å². The number of aliphatic carboxylic acids is 1. The van der Waals surface area contributed by atoms with Crippen LogP contribution in [-0.2, 0) is 14.4 Å². The molecule has 0 saturated carbocycles. The van der Waals surface area contributed by atoms with E-state index in [0.29, 0.717) is 5.69 Å². The third-order valence-corrected chi connectivity index (χ3v) is 3.48. The van der Waals surface area contributed by atoms with Gasteiger partial charge in [-0.05, 0) is 24.3 Å². The molecule has 0 aromatic heterocycles. The molecule has 3 N–H and O–H groups in total. The summed E-state index contributed by atoms with van der Waals surface area (Å²) in [4.78, 5) is 33.1. The molecule has 20 heavy (non-hydrogen) atoms.